The summed E-state index contributed by atoms with van der Waals surface area (Å²) in [4.78, 5) is 30.9. The van der Waals surface area contributed by atoms with Crippen LogP contribution in [0.4, 0.5) is 11.4 Å². The number of benzene rings is 3. The topological polar surface area (TPSA) is 49.9 Å². The molecule has 5 nitrogen and oxygen atoms in total. The van der Waals surface area contributed by atoms with Crippen LogP contribution in [0, 0.1) is 6.92 Å². The summed E-state index contributed by atoms with van der Waals surface area (Å²) in [6, 6.07) is 20.3. The highest BCUT2D eigenvalue weighted by molar-refractivity contribution is 6.31. The van der Waals surface area contributed by atoms with Crippen LogP contribution in [-0.4, -0.2) is 31.5 Å². The number of nitrogens with zero attached hydrogens (tertiary/aromatic N) is 2. The second-order valence-corrected chi connectivity index (χ2v) is 9.02. The number of anilines is 2. The van der Waals surface area contributed by atoms with Gasteiger partial charge in [0.1, 0.15) is 5.75 Å². The van der Waals surface area contributed by atoms with Crippen LogP contribution in [0.3, 0.4) is 0 Å². The second-order valence-electron chi connectivity index (χ2n) is 8.62. The number of amides is 2. The lowest BCUT2D eigenvalue weighted by Crippen LogP contribution is -2.46. The molecule has 1 aliphatic rings. The Bertz CT molecular complexity index is 1210. The number of methoxy groups -OCH3 is 1. The summed E-state index contributed by atoms with van der Waals surface area (Å²) in [5, 5.41) is 0.677. The number of fused-ring (bicyclic) bond motifs is 1. The van der Waals surface area contributed by atoms with Crippen molar-refractivity contribution in [3.8, 4) is 5.75 Å². The summed E-state index contributed by atoms with van der Waals surface area (Å²) in [6.07, 6.45) is 0.542. The number of hydrogen-bond acceptors (Lipinski definition) is 3. The van der Waals surface area contributed by atoms with E-state index in [0.29, 0.717) is 29.3 Å². The van der Waals surface area contributed by atoms with Crippen molar-refractivity contribution >= 4 is 34.8 Å². The summed E-state index contributed by atoms with van der Waals surface area (Å²) >= 11 is 6.21. The second kappa shape index (κ2) is 9.90. The number of hydrogen-bond donors (Lipinski definition) is 0. The van der Waals surface area contributed by atoms with Crippen molar-refractivity contribution in [3.63, 3.8) is 0 Å². The van der Waals surface area contributed by atoms with Gasteiger partial charge in [-0.3, -0.25) is 9.59 Å². The van der Waals surface area contributed by atoms with Crippen LogP contribution in [0.2, 0.25) is 5.02 Å². The van der Waals surface area contributed by atoms with Crippen LogP contribution in [0.1, 0.15) is 47.7 Å². The molecule has 0 aromatic heterocycles. The molecule has 176 valence electrons. The molecule has 0 unspecified atom stereocenters. The fourth-order valence-corrected chi connectivity index (χ4v) is 4.80. The van der Waals surface area contributed by atoms with Gasteiger partial charge in [0.25, 0.3) is 5.91 Å². The average molecular weight is 477 g/mol. The fraction of sp³-hybridized carbons (Fsp3) is 0.286. The highest BCUT2D eigenvalue weighted by Gasteiger charge is 2.38. The lowest BCUT2D eigenvalue weighted by molar-refractivity contribution is -0.120. The van der Waals surface area contributed by atoms with Crippen molar-refractivity contribution in [2.45, 2.75) is 39.2 Å². The van der Waals surface area contributed by atoms with Crippen LogP contribution in [-0.2, 0) is 4.79 Å². The molecule has 1 aliphatic heterocycles. The van der Waals surface area contributed by atoms with Gasteiger partial charge in [0, 0.05) is 34.5 Å². The van der Waals surface area contributed by atoms with Crippen LogP contribution in [0.25, 0.3) is 0 Å². The third-order valence-electron chi connectivity index (χ3n) is 6.48. The van der Waals surface area contributed by atoms with Gasteiger partial charge in [0.2, 0.25) is 5.91 Å². The van der Waals surface area contributed by atoms with Gasteiger partial charge in [0.15, 0.2) is 0 Å². The zero-order valence-corrected chi connectivity index (χ0v) is 20.7. The Morgan fingerprint density at radius 2 is 1.79 bits per heavy atom. The predicted molar refractivity (Wildman–Crippen MR) is 137 cm³/mol. The number of para-hydroxylation sites is 1. The van der Waals surface area contributed by atoms with E-state index < -0.39 is 0 Å². The molecule has 0 radical (unpaired) electrons. The summed E-state index contributed by atoms with van der Waals surface area (Å²) in [5.41, 5.74) is 4.00. The smallest absolute Gasteiger partial charge is 0.258 e. The van der Waals surface area contributed by atoms with Gasteiger partial charge in [-0.1, -0.05) is 29.8 Å². The molecule has 2 amide bonds. The van der Waals surface area contributed by atoms with Crippen LogP contribution >= 0.6 is 11.6 Å². The van der Waals surface area contributed by atoms with E-state index in [1.54, 1.807) is 36.3 Å². The molecule has 0 aliphatic carbocycles. The Hall–Kier alpha value is -3.31. The molecule has 0 spiro atoms. The minimum Gasteiger partial charge on any atom is -0.497 e. The van der Waals surface area contributed by atoms with Gasteiger partial charge in [-0.15, -0.1) is 0 Å². The Kier molecular flexibility index (Phi) is 6.94. The number of likely N-dealkylation sites (N-methyl/N-ethyl adjacent to an activating group) is 1. The van der Waals surface area contributed by atoms with Crippen molar-refractivity contribution in [1.29, 1.82) is 0 Å². The predicted octanol–water partition coefficient (Wildman–Crippen LogP) is 6.23. The molecule has 2 atom stereocenters. The van der Waals surface area contributed by atoms with Crippen molar-refractivity contribution in [2.75, 3.05) is 23.5 Å². The van der Waals surface area contributed by atoms with Gasteiger partial charge in [-0.2, -0.15) is 0 Å². The first kappa shape index (κ1) is 23.8. The van der Waals surface area contributed by atoms with E-state index >= 15 is 0 Å². The minimum atomic E-state index is -0.345. The SMILES string of the molecule is CCN(C(=O)[C@H]1C[C@H](C)N(C(=O)c2ccc(OC)cc2)c2ccccc21)c1ccc(Cl)c(C)c1. The molecule has 34 heavy (non-hydrogen) atoms. The van der Waals surface area contributed by atoms with E-state index in [1.807, 2.05) is 68.1 Å². The number of carbonyl (C=O) groups is 2. The number of rotatable bonds is 5. The largest absolute Gasteiger partial charge is 0.497 e. The maximum atomic E-state index is 13.8. The molecule has 0 fully saturated rings. The minimum absolute atomic E-state index is 0.0278. The molecule has 0 N–H and O–H groups in total. The molecular formula is C28H29ClN2O3. The highest BCUT2D eigenvalue weighted by Crippen LogP contribution is 2.41. The van der Waals surface area contributed by atoms with E-state index in [9.17, 15) is 9.59 Å². The number of ether oxygens (including phenoxy) is 1. The summed E-state index contributed by atoms with van der Waals surface area (Å²) in [5.74, 6) is 0.294. The van der Waals surface area contributed by atoms with E-state index in [2.05, 4.69) is 0 Å². The molecular weight excluding hydrogens is 448 g/mol. The zero-order chi connectivity index (χ0) is 24.4. The molecule has 3 aromatic rings. The monoisotopic (exact) mass is 476 g/mol. The molecule has 6 heteroatoms. The van der Waals surface area contributed by atoms with Crippen LogP contribution in [0.5, 0.6) is 5.75 Å². The van der Waals surface area contributed by atoms with Gasteiger partial charge in [0.05, 0.1) is 13.0 Å². The van der Waals surface area contributed by atoms with Gasteiger partial charge in [-0.05, 0) is 86.8 Å². The maximum absolute atomic E-state index is 13.8. The Morgan fingerprint density at radius 1 is 1.09 bits per heavy atom. The zero-order valence-electron chi connectivity index (χ0n) is 19.9. The first-order chi connectivity index (χ1) is 16.3. The Balaban J connectivity index is 1.69. The van der Waals surface area contributed by atoms with Gasteiger partial charge < -0.3 is 14.5 Å². The first-order valence-corrected chi connectivity index (χ1v) is 11.9. The summed E-state index contributed by atoms with van der Waals surface area (Å²) in [6.45, 7) is 6.45. The fourth-order valence-electron chi connectivity index (χ4n) is 4.68. The van der Waals surface area contributed by atoms with Crippen molar-refractivity contribution < 1.29 is 14.3 Å². The number of aryl methyl sites for hydroxylation is 1. The van der Waals surface area contributed by atoms with E-state index in [-0.39, 0.29) is 23.8 Å². The molecule has 0 saturated heterocycles. The van der Waals surface area contributed by atoms with Crippen LogP contribution < -0.4 is 14.5 Å². The van der Waals surface area contributed by atoms with Gasteiger partial charge >= 0.3 is 0 Å². The van der Waals surface area contributed by atoms with Crippen molar-refractivity contribution in [1.82, 2.24) is 0 Å². The number of carbonyl (C=O) groups excluding carboxylic acids is 2. The normalized spacial score (nSPS) is 17.1. The summed E-state index contributed by atoms with van der Waals surface area (Å²) in [7, 11) is 1.60. The maximum Gasteiger partial charge on any atom is 0.258 e. The Morgan fingerprint density at radius 3 is 2.44 bits per heavy atom. The van der Waals surface area contributed by atoms with E-state index in [4.69, 9.17) is 16.3 Å². The van der Waals surface area contributed by atoms with E-state index in [1.165, 1.54) is 0 Å². The average Bonchev–Trinajstić information content (AvgIpc) is 2.85. The van der Waals surface area contributed by atoms with Crippen molar-refractivity contribution in [2.24, 2.45) is 0 Å². The lowest BCUT2D eigenvalue weighted by atomic mass is 9.84. The van der Waals surface area contributed by atoms with Crippen molar-refractivity contribution in [3.05, 3.63) is 88.4 Å². The third kappa shape index (κ3) is 4.40. The number of halogens is 1. The molecule has 1 heterocycles. The Labute approximate surface area is 205 Å². The third-order valence-corrected chi connectivity index (χ3v) is 6.90. The molecule has 0 saturated carbocycles. The first-order valence-electron chi connectivity index (χ1n) is 11.5. The lowest BCUT2D eigenvalue weighted by Gasteiger charge is -2.40. The highest BCUT2D eigenvalue weighted by atomic mass is 35.5. The quantitative estimate of drug-likeness (QED) is 0.438. The molecule has 3 aromatic carbocycles. The molecule has 0 bridgehead atoms. The standard InChI is InChI=1S/C28H29ClN2O3/c1-5-30(21-12-15-25(29)18(2)16-21)28(33)24-17-19(3)31(26-9-7-6-8-23(24)26)27(32)20-10-13-22(34-4)14-11-20/h6-16,19,24H,5,17H2,1-4H3/t19-,24-/m0/s1. The van der Waals surface area contributed by atoms with Gasteiger partial charge in [-0.25, -0.2) is 0 Å². The summed E-state index contributed by atoms with van der Waals surface area (Å²) < 4.78 is 5.22. The van der Waals surface area contributed by atoms with Crippen LogP contribution in [0.15, 0.2) is 66.7 Å². The molecule has 4 rings (SSSR count). The van der Waals surface area contributed by atoms with E-state index in [0.717, 1.165) is 22.5 Å².